The molecule has 150 valence electrons. The number of ether oxygens (including phenoxy) is 1. The van der Waals surface area contributed by atoms with E-state index in [2.05, 4.69) is 0 Å². The third-order valence-corrected chi connectivity index (χ3v) is 6.20. The number of amides is 1. The molecule has 2 heterocycles. The number of carbonyl (C=O) groups is 1. The first-order valence-corrected chi connectivity index (χ1v) is 9.78. The van der Waals surface area contributed by atoms with Crippen molar-refractivity contribution < 1.29 is 19.0 Å². The second-order valence-corrected chi connectivity index (χ2v) is 7.85. The van der Waals surface area contributed by atoms with Crippen molar-refractivity contribution in [2.24, 2.45) is 0 Å². The van der Waals surface area contributed by atoms with Crippen LogP contribution in [0.2, 0.25) is 0 Å². The van der Waals surface area contributed by atoms with E-state index in [-0.39, 0.29) is 17.5 Å². The lowest BCUT2D eigenvalue weighted by atomic mass is 9.91. The fraction of sp³-hybridized carbons (Fsp3) is 0.391. The van der Waals surface area contributed by atoms with Gasteiger partial charge < -0.3 is 14.7 Å². The smallest absolute Gasteiger partial charge is 0.254 e. The minimum absolute atomic E-state index is 0.0229. The van der Waals surface area contributed by atoms with Gasteiger partial charge in [0.25, 0.3) is 5.91 Å². The van der Waals surface area contributed by atoms with Crippen LogP contribution in [0.5, 0.6) is 0 Å². The summed E-state index contributed by atoms with van der Waals surface area (Å²) in [5, 5.41) is 19.2. The second-order valence-electron chi connectivity index (χ2n) is 7.85. The van der Waals surface area contributed by atoms with Crippen molar-refractivity contribution in [2.75, 3.05) is 13.2 Å². The zero-order chi connectivity index (χ0) is 20.7. The average molecular weight is 394 g/mol. The summed E-state index contributed by atoms with van der Waals surface area (Å²) < 4.78 is 19.5. The van der Waals surface area contributed by atoms with Crippen molar-refractivity contribution in [1.82, 2.24) is 4.90 Å². The highest BCUT2D eigenvalue weighted by molar-refractivity contribution is 5.99. The molecule has 2 aliphatic heterocycles. The molecule has 0 radical (unpaired) electrons. The number of rotatable bonds is 3. The monoisotopic (exact) mass is 394 g/mol. The van der Waals surface area contributed by atoms with Crippen molar-refractivity contribution >= 4 is 5.91 Å². The summed E-state index contributed by atoms with van der Waals surface area (Å²) in [6.45, 7) is 5.34. The number of hydrogen-bond acceptors (Lipinski definition) is 4. The molecule has 1 saturated heterocycles. The van der Waals surface area contributed by atoms with Gasteiger partial charge in [0.2, 0.25) is 0 Å². The Morgan fingerprint density at radius 3 is 2.79 bits per heavy atom. The Bertz CT molecular complexity index is 1030. The average Bonchev–Trinajstić information content (AvgIpc) is 3.03. The van der Waals surface area contributed by atoms with Crippen LogP contribution in [0, 0.1) is 31.0 Å². The Morgan fingerprint density at radius 2 is 2.10 bits per heavy atom. The summed E-state index contributed by atoms with van der Waals surface area (Å²) in [6, 6.07) is 8.00. The largest absolute Gasteiger partial charge is 0.391 e. The van der Waals surface area contributed by atoms with E-state index in [4.69, 9.17) is 10.00 Å². The summed E-state index contributed by atoms with van der Waals surface area (Å²) in [4.78, 5) is 14.8. The Kier molecular flexibility index (Phi) is 5.12. The molecule has 1 fully saturated rings. The van der Waals surface area contributed by atoms with Gasteiger partial charge in [-0.1, -0.05) is 6.07 Å². The number of benzene rings is 2. The van der Waals surface area contributed by atoms with Crippen LogP contribution in [0.25, 0.3) is 0 Å². The number of fused-ring (bicyclic) bond motifs is 1. The SMILES string of the molecule is Cc1c(Cc2ccc(C#N)c(F)c2)cc2c(c1C)CN([C@H]1COCC[C@@H]1O)C2=O. The van der Waals surface area contributed by atoms with Crippen molar-refractivity contribution in [3.63, 3.8) is 0 Å². The number of carbonyl (C=O) groups excluding carboxylic acids is 1. The van der Waals surface area contributed by atoms with Crippen LogP contribution in [-0.2, 0) is 17.7 Å². The Morgan fingerprint density at radius 1 is 1.31 bits per heavy atom. The highest BCUT2D eigenvalue weighted by Gasteiger charge is 2.39. The highest BCUT2D eigenvalue weighted by atomic mass is 19.1. The van der Waals surface area contributed by atoms with Gasteiger partial charge in [-0.25, -0.2) is 4.39 Å². The van der Waals surface area contributed by atoms with Gasteiger partial charge in [-0.05, 0) is 72.7 Å². The fourth-order valence-corrected chi connectivity index (χ4v) is 4.27. The van der Waals surface area contributed by atoms with E-state index in [0.717, 1.165) is 27.8 Å². The molecule has 4 rings (SSSR count). The molecule has 5 nitrogen and oxygen atoms in total. The third kappa shape index (κ3) is 3.41. The van der Waals surface area contributed by atoms with Gasteiger partial charge in [0.15, 0.2) is 0 Å². The van der Waals surface area contributed by atoms with E-state index in [1.165, 1.54) is 12.1 Å². The van der Waals surface area contributed by atoms with Gasteiger partial charge in [-0.2, -0.15) is 5.26 Å². The predicted molar refractivity (Wildman–Crippen MR) is 105 cm³/mol. The molecule has 2 aromatic rings. The number of nitrogens with zero attached hydrogens (tertiary/aromatic N) is 2. The van der Waals surface area contributed by atoms with Gasteiger partial charge in [0.05, 0.1) is 24.3 Å². The molecule has 2 aromatic carbocycles. The zero-order valence-corrected chi connectivity index (χ0v) is 16.5. The summed E-state index contributed by atoms with van der Waals surface area (Å²) in [5.41, 5.74) is 5.49. The van der Waals surface area contributed by atoms with Crippen LogP contribution in [-0.4, -0.2) is 41.3 Å². The predicted octanol–water partition coefficient (Wildman–Crippen LogP) is 3.01. The van der Waals surface area contributed by atoms with Crippen LogP contribution < -0.4 is 0 Å². The summed E-state index contributed by atoms with van der Waals surface area (Å²) in [5.74, 6) is -0.626. The molecule has 6 heteroatoms. The summed E-state index contributed by atoms with van der Waals surface area (Å²) >= 11 is 0. The van der Waals surface area contributed by atoms with E-state index < -0.39 is 11.9 Å². The molecule has 0 bridgehead atoms. The van der Waals surface area contributed by atoms with E-state index >= 15 is 0 Å². The van der Waals surface area contributed by atoms with Crippen LogP contribution in [0.4, 0.5) is 4.39 Å². The third-order valence-electron chi connectivity index (χ3n) is 6.20. The van der Waals surface area contributed by atoms with Crippen molar-refractivity contribution in [2.45, 2.75) is 45.4 Å². The maximum Gasteiger partial charge on any atom is 0.254 e. The molecule has 0 aliphatic carbocycles. The van der Waals surface area contributed by atoms with Crippen molar-refractivity contribution in [1.29, 1.82) is 5.26 Å². The molecule has 1 N–H and O–H groups in total. The molecule has 0 spiro atoms. The number of halogens is 1. The first-order valence-electron chi connectivity index (χ1n) is 9.78. The van der Waals surface area contributed by atoms with Gasteiger partial charge in [-0.3, -0.25) is 4.79 Å². The molecule has 0 saturated carbocycles. The second kappa shape index (κ2) is 7.58. The molecule has 1 amide bonds. The van der Waals surface area contributed by atoms with Crippen molar-refractivity contribution in [3.05, 3.63) is 69.0 Å². The first kappa shape index (κ1) is 19.6. The molecule has 0 aromatic heterocycles. The normalized spacial score (nSPS) is 21.2. The van der Waals surface area contributed by atoms with Gasteiger partial charge in [-0.15, -0.1) is 0 Å². The molecule has 2 aliphatic rings. The minimum atomic E-state index is -0.579. The van der Waals surface area contributed by atoms with Crippen molar-refractivity contribution in [3.8, 4) is 6.07 Å². The van der Waals surface area contributed by atoms with E-state index in [9.17, 15) is 14.3 Å². The van der Waals surface area contributed by atoms with Crippen LogP contribution in [0.1, 0.15) is 50.2 Å². The number of aliphatic hydroxyl groups excluding tert-OH is 1. The van der Waals surface area contributed by atoms with Crippen LogP contribution in [0.15, 0.2) is 24.3 Å². The molecule has 29 heavy (non-hydrogen) atoms. The first-order chi connectivity index (χ1) is 13.9. The lowest BCUT2D eigenvalue weighted by Crippen LogP contribution is -2.49. The van der Waals surface area contributed by atoms with Gasteiger partial charge >= 0.3 is 0 Å². The van der Waals surface area contributed by atoms with Gasteiger partial charge in [0, 0.05) is 18.7 Å². The molecule has 2 atom stereocenters. The maximum atomic E-state index is 14.0. The Balaban J connectivity index is 1.66. The van der Waals surface area contributed by atoms with Crippen LogP contribution >= 0.6 is 0 Å². The standard InChI is InChI=1S/C23H23FN2O3/c1-13-14(2)19-11-26(21-12-29-6-5-22(21)27)23(28)18(19)9-17(13)7-15-3-4-16(10-25)20(24)8-15/h3-4,8-9,21-22,27H,5-7,11-12H2,1-2H3/t21-,22-/m0/s1. The van der Waals surface area contributed by atoms with E-state index in [1.807, 2.05) is 26.0 Å². The Labute approximate surface area is 169 Å². The Hall–Kier alpha value is -2.75. The lowest BCUT2D eigenvalue weighted by molar-refractivity contribution is -0.0528. The summed E-state index contributed by atoms with van der Waals surface area (Å²) in [6.07, 6.45) is 0.424. The molecule has 0 unspecified atom stereocenters. The molecular formula is C23H23FN2O3. The van der Waals surface area contributed by atoms with Crippen LogP contribution in [0.3, 0.4) is 0 Å². The van der Waals surface area contributed by atoms with E-state index in [0.29, 0.717) is 38.2 Å². The number of nitriles is 1. The van der Waals surface area contributed by atoms with Gasteiger partial charge in [0.1, 0.15) is 11.9 Å². The zero-order valence-electron chi connectivity index (χ0n) is 16.5. The fourth-order valence-electron chi connectivity index (χ4n) is 4.27. The maximum absolute atomic E-state index is 14.0. The van der Waals surface area contributed by atoms with E-state index in [1.54, 1.807) is 11.0 Å². The quantitative estimate of drug-likeness (QED) is 0.869. The minimum Gasteiger partial charge on any atom is -0.391 e. The molecular weight excluding hydrogens is 371 g/mol. The summed E-state index contributed by atoms with van der Waals surface area (Å²) in [7, 11) is 0. The lowest BCUT2D eigenvalue weighted by Gasteiger charge is -2.34. The number of aliphatic hydroxyl groups is 1. The topological polar surface area (TPSA) is 73.6 Å². The highest BCUT2D eigenvalue weighted by Crippen LogP contribution is 2.33. The number of hydrogen-bond donors (Lipinski definition) is 1.